The fraction of sp³-hybridized carbons (Fsp3) is 0.211. The predicted octanol–water partition coefficient (Wildman–Crippen LogP) is 1.82. The number of guanidine groups is 2. The van der Waals surface area contributed by atoms with Gasteiger partial charge in [-0.1, -0.05) is 30.3 Å². The molecule has 2 aliphatic rings. The van der Waals surface area contributed by atoms with Crippen molar-refractivity contribution in [2.45, 2.75) is 19.5 Å². The predicted molar refractivity (Wildman–Crippen MR) is 103 cm³/mol. The molecule has 0 radical (unpaired) electrons. The summed E-state index contributed by atoms with van der Waals surface area (Å²) in [4.78, 5) is 23.6. The van der Waals surface area contributed by atoms with Gasteiger partial charge >= 0.3 is 0 Å². The topological polar surface area (TPSA) is 95.1 Å². The fourth-order valence-electron chi connectivity index (χ4n) is 3.35. The number of anilines is 2. The number of aliphatic imine (C=N–C) groups is 2. The molecule has 0 aromatic heterocycles. The molecule has 2 aromatic carbocycles. The van der Waals surface area contributed by atoms with Crippen LogP contribution in [0.25, 0.3) is 0 Å². The van der Waals surface area contributed by atoms with E-state index in [4.69, 9.17) is 5.73 Å². The van der Waals surface area contributed by atoms with E-state index < -0.39 is 5.66 Å². The van der Waals surface area contributed by atoms with Gasteiger partial charge < -0.3 is 16.0 Å². The molecular weight excluding hydrogens is 328 g/mol. The van der Waals surface area contributed by atoms with E-state index in [-0.39, 0.29) is 11.9 Å². The molecule has 7 nitrogen and oxygen atoms in total. The summed E-state index contributed by atoms with van der Waals surface area (Å²) in [5.41, 5.74) is 9.28. The van der Waals surface area contributed by atoms with Crippen molar-refractivity contribution in [3.63, 3.8) is 0 Å². The van der Waals surface area contributed by atoms with Crippen LogP contribution in [-0.4, -0.2) is 24.9 Å². The number of nitrogens with zero attached hydrogens (tertiary/aromatic N) is 3. The molecule has 1 atom stereocenters. The zero-order valence-electron chi connectivity index (χ0n) is 14.9. The van der Waals surface area contributed by atoms with Crippen molar-refractivity contribution >= 4 is 29.2 Å². The van der Waals surface area contributed by atoms with Crippen molar-refractivity contribution in [2.24, 2.45) is 15.7 Å². The zero-order chi connectivity index (χ0) is 18.5. The maximum Gasteiger partial charge on any atom is 0.282 e. The third-order valence-electron chi connectivity index (χ3n) is 4.90. The van der Waals surface area contributed by atoms with Crippen LogP contribution >= 0.6 is 0 Å². The minimum atomic E-state index is -1.39. The number of fused-ring (bicyclic) bond motifs is 2. The van der Waals surface area contributed by atoms with Crippen molar-refractivity contribution in [2.75, 3.05) is 17.3 Å². The van der Waals surface area contributed by atoms with E-state index in [1.807, 2.05) is 56.3 Å². The van der Waals surface area contributed by atoms with Crippen molar-refractivity contribution in [3.8, 4) is 0 Å². The number of rotatable bonds is 1. The molecular formula is C19H20N6O. The van der Waals surface area contributed by atoms with E-state index in [1.165, 1.54) is 0 Å². The average Bonchev–Trinajstić information content (AvgIpc) is 2.81. The summed E-state index contributed by atoms with van der Waals surface area (Å²) in [6, 6.07) is 13.5. The van der Waals surface area contributed by atoms with Crippen LogP contribution in [0.5, 0.6) is 0 Å². The lowest BCUT2D eigenvalue weighted by Gasteiger charge is -2.27. The number of amides is 1. The van der Waals surface area contributed by atoms with Crippen LogP contribution < -0.4 is 21.3 Å². The quantitative estimate of drug-likeness (QED) is 0.732. The maximum absolute atomic E-state index is 13.0. The first-order valence-corrected chi connectivity index (χ1v) is 8.35. The molecule has 0 unspecified atom stereocenters. The highest BCUT2D eigenvalue weighted by Crippen LogP contribution is 2.43. The summed E-state index contributed by atoms with van der Waals surface area (Å²) in [5, 5.41) is 6.17. The molecule has 0 bridgehead atoms. The van der Waals surface area contributed by atoms with Gasteiger partial charge in [0.15, 0.2) is 5.96 Å². The number of hydrogen-bond acceptors (Lipinski definition) is 6. The molecule has 7 heteroatoms. The second-order valence-electron chi connectivity index (χ2n) is 6.51. The Bertz CT molecular complexity index is 980. The highest BCUT2D eigenvalue weighted by atomic mass is 16.2. The Kier molecular flexibility index (Phi) is 3.47. The fourth-order valence-corrected chi connectivity index (χ4v) is 3.35. The summed E-state index contributed by atoms with van der Waals surface area (Å²) in [6.45, 7) is 4.07. The summed E-state index contributed by atoms with van der Waals surface area (Å²) in [5.74, 6) is 0.305. The average molecular weight is 348 g/mol. The van der Waals surface area contributed by atoms with Gasteiger partial charge in [0.05, 0.1) is 5.69 Å². The van der Waals surface area contributed by atoms with E-state index in [1.54, 1.807) is 11.9 Å². The van der Waals surface area contributed by atoms with Gasteiger partial charge in [-0.05, 0) is 37.1 Å². The molecule has 2 aromatic rings. The Morgan fingerprint density at radius 2 is 1.88 bits per heavy atom. The molecule has 132 valence electrons. The Labute approximate surface area is 151 Å². The smallest absolute Gasteiger partial charge is 0.282 e. The van der Waals surface area contributed by atoms with Gasteiger partial charge in [0, 0.05) is 18.3 Å². The molecule has 2 heterocycles. The molecule has 0 aliphatic carbocycles. The van der Waals surface area contributed by atoms with Crippen LogP contribution in [0.1, 0.15) is 16.7 Å². The summed E-state index contributed by atoms with van der Waals surface area (Å²) >= 11 is 0. The maximum atomic E-state index is 13.0. The van der Waals surface area contributed by atoms with Gasteiger partial charge in [0.1, 0.15) is 0 Å². The Morgan fingerprint density at radius 3 is 2.69 bits per heavy atom. The molecule has 1 spiro atoms. The number of para-hydroxylation sites is 1. The van der Waals surface area contributed by atoms with E-state index >= 15 is 0 Å². The lowest BCUT2D eigenvalue weighted by atomic mass is 10.0. The molecule has 0 saturated heterocycles. The molecule has 0 saturated carbocycles. The van der Waals surface area contributed by atoms with Gasteiger partial charge in [-0.2, -0.15) is 0 Å². The van der Waals surface area contributed by atoms with Gasteiger partial charge in [0.25, 0.3) is 11.6 Å². The van der Waals surface area contributed by atoms with E-state index in [9.17, 15) is 4.79 Å². The van der Waals surface area contributed by atoms with Gasteiger partial charge in [-0.15, -0.1) is 0 Å². The van der Waals surface area contributed by atoms with Crippen LogP contribution in [0.15, 0.2) is 52.4 Å². The molecule has 0 fully saturated rings. The first-order valence-electron chi connectivity index (χ1n) is 8.35. The van der Waals surface area contributed by atoms with Gasteiger partial charge in [-0.25, -0.2) is 9.98 Å². The largest absolute Gasteiger partial charge is 0.370 e. The molecule has 4 rings (SSSR count). The summed E-state index contributed by atoms with van der Waals surface area (Å²) in [6.07, 6.45) is 0. The van der Waals surface area contributed by atoms with Crippen LogP contribution in [0.2, 0.25) is 0 Å². The highest BCUT2D eigenvalue weighted by Gasteiger charge is 2.52. The van der Waals surface area contributed by atoms with Crippen molar-refractivity contribution in [1.29, 1.82) is 0 Å². The number of nitrogens with two attached hydrogens (primary N) is 1. The SMILES string of the molecule is Cc1cccc(NC2=N[C@@]3(N=C(N)N2)C(=O)N(C)c2ccccc23)c1C. The van der Waals surface area contributed by atoms with Crippen molar-refractivity contribution in [3.05, 3.63) is 59.2 Å². The van der Waals surface area contributed by atoms with Gasteiger partial charge in [0.2, 0.25) is 5.96 Å². The third kappa shape index (κ3) is 2.24. The summed E-state index contributed by atoms with van der Waals surface area (Å²) < 4.78 is 0. The standard InChI is InChI=1S/C19H20N6O/c1-11-7-6-9-14(12(11)2)21-18-22-17(20)23-19(24-18)13-8-4-5-10-15(13)25(3)16(19)26/h4-10H,1-3H3,(H4,20,21,22,23,24)/t19-/m1/s1. The number of aryl methyl sites for hydroxylation is 1. The first-order chi connectivity index (χ1) is 12.4. The second-order valence-corrected chi connectivity index (χ2v) is 6.51. The lowest BCUT2D eigenvalue weighted by Crippen LogP contribution is -2.50. The van der Waals surface area contributed by atoms with E-state index in [2.05, 4.69) is 20.6 Å². The molecule has 26 heavy (non-hydrogen) atoms. The molecule has 1 amide bonds. The number of benzene rings is 2. The monoisotopic (exact) mass is 348 g/mol. The van der Waals surface area contributed by atoms with Crippen molar-refractivity contribution < 1.29 is 4.79 Å². The minimum Gasteiger partial charge on any atom is -0.370 e. The minimum absolute atomic E-state index is 0.145. The van der Waals surface area contributed by atoms with Crippen LogP contribution in [0.4, 0.5) is 11.4 Å². The first kappa shape index (κ1) is 16.1. The van der Waals surface area contributed by atoms with Crippen LogP contribution in [-0.2, 0) is 10.5 Å². The third-order valence-corrected chi connectivity index (χ3v) is 4.90. The summed E-state index contributed by atoms with van der Waals surface area (Å²) in [7, 11) is 1.72. The van der Waals surface area contributed by atoms with Gasteiger partial charge in [-0.3, -0.25) is 10.1 Å². The van der Waals surface area contributed by atoms with E-state index in [0.29, 0.717) is 5.96 Å². The van der Waals surface area contributed by atoms with E-state index in [0.717, 1.165) is 28.1 Å². The number of carbonyl (C=O) groups excluding carboxylic acids is 1. The number of nitrogens with one attached hydrogen (secondary N) is 2. The molecule has 4 N–H and O–H groups in total. The zero-order valence-corrected chi connectivity index (χ0v) is 14.9. The normalized spacial score (nSPS) is 21.2. The number of carbonyl (C=O) groups is 1. The second kappa shape index (κ2) is 5.59. The van der Waals surface area contributed by atoms with Crippen LogP contribution in [0.3, 0.4) is 0 Å². The molecule has 2 aliphatic heterocycles. The highest BCUT2D eigenvalue weighted by molar-refractivity contribution is 6.14. The lowest BCUT2D eigenvalue weighted by molar-refractivity contribution is -0.122. The van der Waals surface area contributed by atoms with Crippen molar-refractivity contribution in [1.82, 2.24) is 5.32 Å². The Morgan fingerprint density at radius 1 is 1.12 bits per heavy atom. The Balaban J connectivity index is 1.81. The number of hydrogen-bond donors (Lipinski definition) is 3. The van der Waals surface area contributed by atoms with Crippen LogP contribution in [0, 0.1) is 13.8 Å². The Hall–Kier alpha value is -3.35. The number of likely N-dealkylation sites (N-methyl/N-ethyl adjacent to an activating group) is 1.